The third-order valence-corrected chi connectivity index (χ3v) is 4.92. The van der Waals surface area contributed by atoms with Gasteiger partial charge in [-0.1, -0.05) is 36.5 Å². The highest BCUT2D eigenvalue weighted by Gasteiger charge is 2.37. The number of carbonyl (C=O) groups excluding carboxylic acids is 1. The molecular weight excluding hydrogens is 283 g/mol. The second-order valence-electron chi connectivity index (χ2n) is 5.28. The number of rotatable bonds is 1. The number of fused-ring (bicyclic) bond motifs is 3. The SMILES string of the molecule is CCC1CCN2c3cc(Cl)c(Cl)cc3NC(=O)C2C1. The highest BCUT2D eigenvalue weighted by atomic mass is 35.5. The molecule has 2 aliphatic rings. The van der Waals surface area contributed by atoms with Gasteiger partial charge in [0.2, 0.25) is 5.91 Å². The second kappa shape index (κ2) is 4.88. The van der Waals surface area contributed by atoms with Crippen LogP contribution in [0, 0.1) is 5.92 Å². The van der Waals surface area contributed by atoms with Crippen LogP contribution in [0.1, 0.15) is 26.2 Å². The lowest BCUT2D eigenvalue weighted by Crippen LogP contribution is -2.52. The molecule has 3 rings (SSSR count). The maximum Gasteiger partial charge on any atom is 0.247 e. The summed E-state index contributed by atoms with van der Waals surface area (Å²) in [5, 5.41) is 3.96. The lowest BCUT2D eigenvalue weighted by atomic mass is 9.87. The lowest BCUT2D eigenvalue weighted by molar-refractivity contribution is -0.118. The number of halogens is 2. The normalized spacial score (nSPS) is 25.6. The summed E-state index contributed by atoms with van der Waals surface area (Å²) in [6, 6.07) is 3.53. The van der Waals surface area contributed by atoms with E-state index in [2.05, 4.69) is 17.1 Å². The maximum atomic E-state index is 12.2. The van der Waals surface area contributed by atoms with Gasteiger partial charge in [0.1, 0.15) is 6.04 Å². The number of hydrogen-bond donors (Lipinski definition) is 1. The zero-order chi connectivity index (χ0) is 13.6. The predicted octanol–water partition coefficient (Wildman–Crippen LogP) is 3.94. The summed E-state index contributed by atoms with van der Waals surface area (Å²) in [5.41, 5.74) is 1.76. The molecule has 0 aromatic heterocycles. The van der Waals surface area contributed by atoms with Crippen molar-refractivity contribution in [3.05, 3.63) is 22.2 Å². The number of amides is 1. The first-order chi connectivity index (χ1) is 9.10. The number of nitrogens with one attached hydrogen (secondary N) is 1. The molecule has 2 heterocycles. The molecule has 2 unspecified atom stereocenters. The van der Waals surface area contributed by atoms with Crippen molar-refractivity contribution < 1.29 is 4.79 Å². The summed E-state index contributed by atoms with van der Waals surface area (Å²) in [6.07, 6.45) is 3.17. The van der Waals surface area contributed by atoms with Gasteiger partial charge in [-0.3, -0.25) is 4.79 Å². The molecule has 1 aromatic rings. The minimum absolute atomic E-state index is 0.0663. The summed E-state index contributed by atoms with van der Waals surface area (Å²) >= 11 is 12.1. The molecule has 0 radical (unpaired) electrons. The van der Waals surface area contributed by atoms with E-state index < -0.39 is 0 Å². The Kier molecular flexibility index (Phi) is 3.35. The Labute approximate surface area is 122 Å². The van der Waals surface area contributed by atoms with Crippen LogP contribution in [0.25, 0.3) is 0 Å². The molecule has 0 spiro atoms. The summed E-state index contributed by atoms with van der Waals surface area (Å²) in [5.74, 6) is 0.709. The zero-order valence-electron chi connectivity index (χ0n) is 10.7. The quantitative estimate of drug-likeness (QED) is 0.852. The van der Waals surface area contributed by atoms with Crippen LogP contribution >= 0.6 is 23.2 Å². The maximum absolute atomic E-state index is 12.2. The van der Waals surface area contributed by atoms with Gasteiger partial charge in [-0.2, -0.15) is 0 Å². The number of carbonyl (C=O) groups is 1. The Morgan fingerprint density at radius 3 is 2.84 bits per heavy atom. The Bertz CT molecular complexity index is 532. The molecule has 1 fully saturated rings. The summed E-state index contributed by atoms with van der Waals surface area (Å²) in [4.78, 5) is 14.4. The van der Waals surface area contributed by atoms with Crippen molar-refractivity contribution in [2.45, 2.75) is 32.2 Å². The van der Waals surface area contributed by atoms with Gasteiger partial charge >= 0.3 is 0 Å². The van der Waals surface area contributed by atoms with Gasteiger partial charge in [-0.15, -0.1) is 0 Å². The zero-order valence-corrected chi connectivity index (χ0v) is 12.3. The van der Waals surface area contributed by atoms with Crippen molar-refractivity contribution in [1.82, 2.24) is 0 Å². The van der Waals surface area contributed by atoms with Crippen LogP contribution in [-0.2, 0) is 4.79 Å². The Morgan fingerprint density at radius 1 is 1.37 bits per heavy atom. The fraction of sp³-hybridized carbons (Fsp3) is 0.500. The molecule has 1 saturated heterocycles. The number of piperidine rings is 1. The Hall–Kier alpha value is -0.930. The highest BCUT2D eigenvalue weighted by Crippen LogP contribution is 2.41. The first kappa shape index (κ1) is 13.1. The molecule has 2 atom stereocenters. The Morgan fingerprint density at radius 2 is 2.11 bits per heavy atom. The monoisotopic (exact) mass is 298 g/mol. The van der Waals surface area contributed by atoms with Gasteiger partial charge in [0.25, 0.3) is 0 Å². The summed E-state index contributed by atoms with van der Waals surface area (Å²) in [7, 11) is 0. The number of hydrogen-bond acceptors (Lipinski definition) is 2. The van der Waals surface area contributed by atoms with Gasteiger partial charge < -0.3 is 10.2 Å². The third kappa shape index (κ3) is 2.19. The molecular formula is C14H16Cl2N2O. The molecule has 1 aromatic carbocycles. The summed E-state index contributed by atoms with van der Waals surface area (Å²) < 4.78 is 0. The van der Waals surface area contributed by atoms with E-state index in [0.29, 0.717) is 16.0 Å². The minimum Gasteiger partial charge on any atom is -0.358 e. The van der Waals surface area contributed by atoms with Crippen LogP contribution in [0.3, 0.4) is 0 Å². The highest BCUT2D eigenvalue weighted by molar-refractivity contribution is 6.42. The standard InChI is InChI=1S/C14H16Cl2N2O/c1-2-8-3-4-18-12-7-10(16)9(15)6-11(12)17-14(19)13(18)5-8/h6-8,13H,2-5H2,1H3,(H,17,19). The van der Waals surface area contributed by atoms with Crippen molar-refractivity contribution >= 4 is 40.5 Å². The van der Waals surface area contributed by atoms with Crippen LogP contribution in [-0.4, -0.2) is 18.5 Å². The van der Waals surface area contributed by atoms with Crippen LogP contribution in [0.15, 0.2) is 12.1 Å². The van der Waals surface area contributed by atoms with Gasteiger partial charge in [-0.25, -0.2) is 0 Å². The van der Waals surface area contributed by atoms with Crippen LogP contribution in [0.5, 0.6) is 0 Å². The topological polar surface area (TPSA) is 32.3 Å². The number of nitrogens with zero attached hydrogens (tertiary/aromatic N) is 1. The molecule has 0 aliphatic carbocycles. The number of benzene rings is 1. The third-order valence-electron chi connectivity index (χ3n) is 4.20. The molecule has 0 bridgehead atoms. The first-order valence-electron chi connectivity index (χ1n) is 6.66. The van der Waals surface area contributed by atoms with E-state index in [1.54, 1.807) is 6.07 Å². The molecule has 5 heteroatoms. The molecule has 3 nitrogen and oxygen atoms in total. The van der Waals surface area contributed by atoms with E-state index in [0.717, 1.165) is 37.2 Å². The molecule has 0 saturated carbocycles. The van der Waals surface area contributed by atoms with Crippen LogP contribution < -0.4 is 10.2 Å². The molecule has 102 valence electrons. The smallest absolute Gasteiger partial charge is 0.247 e. The van der Waals surface area contributed by atoms with E-state index in [1.807, 2.05) is 6.07 Å². The largest absolute Gasteiger partial charge is 0.358 e. The fourth-order valence-electron chi connectivity index (χ4n) is 3.04. The van der Waals surface area contributed by atoms with Crippen molar-refractivity contribution in [2.24, 2.45) is 5.92 Å². The molecule has 1 N–H and O–H groups in total. The van der Waals surface area contributed by atoms with E-state index in [-0.39, 0.29) is 11.9 Å². The Balaban J connectivity index is 1.99. The van der Waals surface area contributed by atoms with E-state index in [9.17, 15) is 4.79 Å². The van der Waals surface area contributed by atoms with Gasteiger partial charge in [0.05, 0.1) is 21.4 Å². The molecule has 19 heavy (non-hydrogen) atoms. The van der Waals surface area contributed by atoms with Crippen LogP contribution in [0.2, 0.25) is 10.0 Å². The summed E-state index contributed by atoms with van der Waals surface area (Å²) in [6.45, 7) is 3.09. The van der Waals surface area contributed by atoms with Crippen molar-refractivity contribution in [3.8, 4) is 0 Å². The first-order valence-corrected chi connectivity index (χ1v) is 7.42. The second-order valence-corrected chi connectivity index (χ2v) is 6.09. The average Bonchev–Trinajstić information content (AvgIpc) is 2.41. The number of anilines is 2. The van der Waals surface area contributed by atoms with Crippen LogP contribution in [0.4, 0.5) is 11.4 Å². The molecule has 1 amide bonds. The van der Waals surface area contributed by atoms with Gasteiger partial charge in [0, 0.05) is 6.54 Å². The van der Waals surface area contributed by atoms with E-state index in [4.69, 9.17) is 23.2 Å². The average molecular weight is 299 g/mol. The predicted molar refractivity (Wildman–Crippen MR) is 79.2 cm³/mol. The minimum atomic E-state index is -0.0663. The van der Waals surface area contributed by atoms with Gasteiger partial charge in [-0.05, 0) is 30.9 Å². The van der Waals surface area contributed by atoms with E-state index >= 15 is 0 Å². The van der Waals surface area contributed by atoms with E-state index in [1.165, 1.54) is 0 Å². The lowest BCUT2D eigenvalue weighted by Gasteiger charge is -2.43. The molecule has 2 aliphatic heterocycles. The van der Waals surface area contributed by atoms with Crippen molar-refractivity contribution in [1.29, 1.82) is 0 Å². The van der Waals surface area contributed by atoms with Crippen molar-refractivity contribution in [3.63, 3.8) is 0 Å². The van der Waals surface area contributed by atoms with Gasteiger partial charge in [0.15, 0.2) is 0 Å². The van der Waals surface area contributed by atoms with Crippen molar-refractivity contribution in [2.75, 3.05) is 16.8 Å². The fourth-order valence-corrected chi connectivity index (χ4v) is 3.36.